The molecule has 0 unspecified atom stereocenters. The van der Waals surface area contributed by atoms with E-state index >= 15 is 0 Å². The van der Waals surface area contributed by atoms with Gasteiger partial charge in [0.25, 0.3) is 0 Å². The lowest BCUT2D eigenvalue weighted by Crippen LogP contribution is -2.35. The van der Waals surface area contributed by atoms with Crippen LogP contribution in [0.1, 0.15) is 38.2 Å². The van der Waals surface area contributed by atoms with Crippen molar-refractivity contribution in [1.82, 2.24) is 0 Å². The molecule has 4 heteroatoms. The zero-order valence-corrected chi connectivity index (χ0v) is 12.9. The van der Waals surface area contributed by atoms with E-state index < -0.39 is 0 Å². The second-order valence-electron chi connectivity index (χ2n) is 5.09. The van der Waals surface area contributed by atoms with Crippen LogP contribution in [0.5, 0.6) is 0 Å². The Kier molecular flexibility index (Phi) is 5.92. The van der Waals surface area contributed by atoms with E-state index in [1.807, 2.05) is 6.92 Å². The van der Waals surface area contributed by atoms with E-state index in [4.69, 9.17) is 9.47 Å². The van der Waals surface area contributed by atoms with Crippen LogP contribution in [0.3, 0.4) is 0 Å². The van der Waals surface area contributed by atoms with Gasteiger partial charge in [0.05, 0.1) is 0 Å². The highest BCUT2D eigenvalue weighted by atomic mass is 32.2. The van der Waals surface area contributed by atoms with Gasteiger partial charge < -0.3 is 9.47 Å². The van der Waals surface area contributed by atoms with Crippen molar-refractivity contribution in [1.29, 1.82) is 0 Å². The number of benzene rings is 1. The second kappa shape index (κ2) is 7.70. The zero-order chi connectivity index (χ0) is 14.4. The summed E-state index contributed by atoms with van der Waals surface area (Å²) in [7, 11) is 0. The molecule has 0 radical (unpaired) electrons. The third-order valence-electron chi connectivity index (χ3n) is 3.23. The first-order chi connectivity index (χ1) is 9.69. The Labute approximate surface area is 125 Å². The lowest BCUT2D eigenvalue weighted by Gasteiger charge is -2.30. The molecule has 110 valence electrons. The first-order valence-electron chi connectivity index (χ1n) is 7.23. The predicted octanol–water partition coefficient (Wildman–Crippen LogP) is 3.94. The van der Waals surface area contributed by atoms with Crippen molar-refractivity contribution in [3.8, 4) is 0 Å². The quantitative estimate of drug-likeness (QED) is 0.771. The number of thioether (sulfide) groups is 1. The lowest BCUT2D eigenvalue weighted by molar-refractivity contribution is -0.157. The van der Waals surface area contributed by atoms with Crippen molar-refractivity contribution < 1.29 is 14.3 Å². The van der Waals surface area contributed by atoms with Crippen molar-refractivity contribution in [2.45, 2.75) is 56.0 Å². The molecule has 0 amide bonds. The summed E-state index contributed by atoms with van der Waals surface area (Å²) in [5.74, 6) is -0.113. The van der Waals surface area contributed by atoms with Crippen LogP contribution < -0.4 is 0 Å². The monoisotopic (exact) mass is 294 g/mol. The van der Waals surface area contributed by atoms with Gasteiger partial charge in [-0.25, -0.2) is 0 Å². The Morgan fingerprint density at radius 3 is 2.85 bits per heavy atom. The number of rotatable bonds is 5. The average molecular weight is 294 g/mol. The molecule has 0 saturated carbocycles. The van der Waals surface area contributed by atoms with Crippen molar-refractivity contribution in [3.05, 3.63) is 29.8 Å². The molecule has 2 atom stereocenters. The number of carbonyl (C=O) groups is 1. The molecule has 0 bridgehead atoms. The summed E-state index contributed by atoms with van der Waals surface area (Å²) in [4.78, 5) is 12.8. The molecule has 1 aromatic rings. The van der Waals surface area contributed by atoms with Gasteiger partial charge in [0.2, 0.25) is 0 Å². The molecule has 0 aliphatic carbocycles. The molecule has 1 fully saturated rings. The Hall–Kier alpha value is -1.00. The molecule has 3 nitrogen and oxygen atoms in total. The van der Waals surface area contributed by atoms with Gasteiger partial charge in [-0.2, -0.15) is 0 Å². The summed E-state index contributed by atoms with van der Waals surface area (Å²) in [5, 5.41) is 0. The minimum atomic E-state index is -0.130. The van der Waals surface area contributed by atoms with E-state index in [9.17, 15) is 4.79 Å². The molecule has 20 heavy (non-hydrogen) atoms. The highest BCUT2D eigenvalue weighted by Gasteiger charge is 2.29. The topological polar surface area (TPSA) is 35.5 Å². The number of carbonyl (C=O) groups excluding carboxylic acids is 1. The number of esters is 1. The van der Waals surface area contributed by atoms with Crippen LogP contribution in [0.4, 0.5) is 0 Å². The van der Waals surface area contributed by atoms with E-state index in [-0.39, 0.29) is 17.5 Å². The number of hydrogen-bond acceptors (Lipinski definition) is 4. The zero-order valence-electron chi connectivity index (χ0n) is 12.1. The number of aryl methyl sites for hydroxylation is 1. The van der Waals surface area contributed by atoms with E-state index in [0.717, 1.165) is 30.8 Å². The first kappa shape index (κ1) is 15.4. The largest absolute Gasteiger partial charge is 0.459 e. The Bertz CT molecular complexity index is 430. The fourth-order valence-electron chi connectivity index (χ4n) is 2.13. The highest BCUT2D eigenvalue weighted by molar-refractivity contribution is 7.99. The van der Waals surface area contributed by atoms with Gasteiger partial charge >= 0.3 is 5.97 Å². The standard InChI is InChI=1S/C16H22O3S/c1-3-5-15(17)19-14-6-4-11-18-16(14)20-13-9-7-12(2)8-10-13/h7-10,14,16H,3-6,11H2,1-2H3/t14-,16-/m1/s1. The maximum Gasteiger partial charge on any atom is 0.306 e. The number of hydrogen-bond donors (Lipinski definition) is 0. The van der Waals surface area contributed by atoms with Gasteiger partial charge in [-0.1, -0.05) is 36.4 Å². The van der Waals surface area contributed by atoms with Gasteiger partial charge in [-0.05, 0) is 38.3 Å². The molecule has 1 aliphatic heterocycles. The predicted molar refractivity (Wildman–Crippen MR) is 80.8 cm³/mol. The Morgan fingerprint density at radius 1 is 1.40 bits per heavy atom. The van der Waals surface area contributed by atoms with Crippen LogP contribution in [0.25, 0.3) is 0 Å². The normalized spacial score (nSPS) is 22.5. The lowest BCUT2D eigenvalue weighted by atomic mass is 10.2. The maximum atomic E-state index is 11.7. The second-order valence-corrected chi connectivity index (χ2v) is 6.26. The highest BCUT2D eigenvalue weighted by Crippen LogP contribution is 2.32. The molecule has 2 rings (SSSR count). The molecular formula is C16H22O3S. The molecule has 1 heterocycles. The van der Waals surface area contributed by atoms with Gasteiger partial charge in [-0.15, -0.1) is 0 Å². The molecule has 1 aromatic carbocycles. The Morgan fingerprint density at radius 2 is 2.15 bits per heavy atom. The minimum Gasteiger partial charge on any atom is -0.459 e. The summed E-state index contributed by atoms with van der Waals surface area (Å²) in [6.45, 7) is 4.80. The molecule has 1 aliphatic rings. The summed E-state index contributed by atoms with van der Waals surface area (Å²) in [6.07, 6.45) is 3.02. The molecule has 0 N–H and O–H groups in total. The molecule has 0 spiro atoms. The van der Waals surface area contributed by atoms with Crippen LogP contribution in [0.2, 0.25) is 0 Å². The van der Waals surface area contributed by atoms with Crippen LogP contribution in [0, 0.1) is 6.92 Å². The van der Waals surface area contributed by atoms with E-state index in [2.05, 4.69) is 31.2 Å². The van der Waals surface area contributed by atoms with Crippen molar-refractivity contribution in [3.63, 3.8) is 0 Å². The average Bonchev–Trinajstić information content (AvgIpc) is 2.44. The SMILES string of the molecule is CCCC(=O)O[C@@H]1CCCO[C@@H]1Sc1ccc(C)cc1. The third kappa shape index (κ3) is 4.53. The van der Waals surface area contributed by atoms with Gasteiger partial charge in [0.15, 0.2) is 0 Å². The summed E-state index contributed by atoms with van der Waals surface area (Å²) in [5.41, 5.74) is 1.15. The summed E-state index contributed by atoms with van der Waals surface area (Å²) >= 11 is 1.64. The van der Waals surface area contributed by atoms with Crippen LogP contribution in [-0.2, 0) is 14.3 Å². The molecule has 1 saturated heterocycles. The van der Waals surface area contributed by atoms with Crippen molar-refractivity contribution in [2.24, 2.45) is 0 Å². The van der Waals surface area contributed by atoms with E-state index in [1.54, 1.807) is 11.8 Å². The summed E-state index contributed by atoms with van der Waals surface area (Å²) in [6, 6.07) is 8.35. The fraction of sp³-hybridized carbons (Fsp3) is 0.562. The van der Waals surface area contributed by atoms with E-state index in [1.165, 1.54) is 5.56 Å². The van der Waals surface area contributed by atoms with Gasteiger partial charge in [-0.3, -0.25) is 4.79 Å². The Balaban J connectivity index is 1.95. The van der Waals surface area contributed by atoms with Gasteiger partial charge in [0.1, 0.15) is 11.5 Å². The van der Waals surface area contributed by atoms with Gasteiger partial charge in [0, 0.05) is 17.9 Å². The smallest absolute Gasteiger partial charge is 0.306 e. The van der Waals surface area contributed by atoms with Crippen molar-refractivity contribution in [2.75, 3.05) is 6.61 Å². The summed E-state index contributed by atoms with van der Waals surface area (Å²) < 4.78 is 11.3. The number of ether oxygens (including phenoxy) is 2. The third-order valence-corrected chi connectivity index (χ3v) is 4.45. The van der Waals surface area contributed by atoms with Crippen molar-refractivity contribution >= 4 is 17.7 Å². The van der Waals surface area contributed by atoms with E-state index in [0.29, 0.717) is 6.42 Å². The van der Waals surface area contributed by atoms with Crippen LogP contribution >= 0.6 is 11.8 Å². The molecular weight excluding hydrogens is 272 g/mol. The fourth-order valence-corrected chi connectivity index (χ4v) is 3.20. The van der Waals surface area contributed by atoms with Crippen LogP contribution in [-0.4, -0.2) is 24.1 Å². The minimum absolute atomic E-state index is 0.0905. The van der Waals surface area contributed by atoms with Crippen LogP contribution in [0.15, 0.2) is 29.2 Å². The maximum absolute atomic E-state index is 11.7. The first-order valence-corrected chi connectivity index (χ1v) is 8.11. The molecule has 0 aromatic heterocycles.